The first-order valence-electron chi connectivity index (χ1n) is 3.97. The van der Waals surface area contributed by atoms with Gasteiger partial charge >= 0.3 is 0 Å². The predicted molar refractivity (Wildman–Crippen MR) is 45.9 cm³/mol. The van der Waals surface area contributed by atoms with Crippen molar-refractivity contribution in [1.82, 2.24) is 20.7 Å². The maximum absolute atomic E-state index is 4.06. The van der Waals surface area contributed by atoms with Crippen molar-refractivity contribution in [2.24, 2.45) is 0 Å². The molecule has 1 aliphatic heterocycles. The first kappa shape index (κ1) is 7.67. The van der Waals surface area contributed by atoms with Crippen LogP contribution in [-0.4, -0.2) is 23.7 Å². The molecule has 2 rings (SSSR count). The maximum atomic E-state index is 4.06. The summed E-state index contributed by atoms with van der Waals surface area (Å²) in [5, 5.41) is 5.31. The Kier molecular flexibility index (Phi) is 2.03. The van der Waals surface area contributed by atoms with Crippen LogP contribution in [0.3, 0.4) is 0 Å². The molecule has 4 nitrogen and oxygen atoms in total. The molecule has 0 bridgehead atoms. The number of nitrogens with one attached hydrogen (secondary N) is 2. The summed E-state index contributed by atoms with van der Waals surface area (Å²) in [6.45, 7) is 0.861. The van der Waals surface area contributed by atoms with E-state index in [4.69, 9.17) is 0 Å². The minimum atomic E-state index is 0.212. The fourth-order valence-electron chi connectivity index (χ4n) is 1.28. The molecule has 1 aromatic rings. The highest BCUT2D eigenvalue weighted by Crippen LogP contribution is 2.10. The molecule has 1 aromatic heterocycles. The Bertz CT molecular complexity index is 248. The van der Waals surface area contributed by atoms with Gasteiger partial charge in [0.25, 0.3) is 0 Å². The Morgan fingerprint density at radius 1 is 1.67 bits per heavy atom. The van der Waals surface area contributed by atoms with Gasteiger partial charge in [0.1, 0.15) is 0 Å². The highest BCUT2D eigenvalue weighted by atomic mass is 15.6. The van der Waals surface area contributed by atoms with Gasteiger partial charge in [-0.25, -0.2) is 10.4 Å². The fourth-order valence-corrected chi connectivity index (χ4v) is 1.28. The lowest BCUT2D eigenvalue weighted by Gasteiger charge is -2.11. The summed E-state index contributed by atoms with van der Waals surface area (Å²) >= 11 is 0. The van der Waals surface area contributed by atoms with Crippen molar-refractivity contribution in [3.05, 3.63) is 30.1 Å². The molecule has 2 heterocycles. The lowest BCUT2D eigenvalue weighted by atomic mass is 10.2. The van der Waals surface area contributed by atoms with Gasteiger partial charge in [0, 0.05) is 25.0 Å². The first-order valence-corrected chi connectivity index (χ1v) is 3.97. The Morgan fingerprint density at radius 2 is 2.58 bits per heavy atom. The van der Waals surface area contributed by atoms with Crippen molar-refractivity contribution < 1.29 is 0 Å². The minimum Gasteiger partial charge on any atom is -0.283 e. The molecule has 0 aliphatic carbocycles. The Hall–Kier alpha value is -0.970. The summed E-state index contributed by atoms with van der Waals surface area (Å²) in [5.74, 6) is 0. The number of pyridine rings is 1. The SMILES string of the molecule is CN1CNC(c2cccnc2)N1. The maximum Gasteiger partial charge on any atom is 0.0991 e. The summed E-state index contributed by atoms with van der Waals surface area (Å²) < 4.78 is 0. The molecule has 0 saturated carbocycles. The number of hydrazine groups is 1. The Morgan fingerprint density at radius 3 is 3.17 bits per heavy atom. The van der Waals surface area contributed by atoms with E-state index >= 15 is 0 Å². The molecule has 1 saturated heterocycles. The highest BCUT2D eigenvalue weighted by Gasteiger charge is 2.18. The predicted octanol–water partition coefficient (Wildman–Crippen LogP) is 0.0773. The van der Waals surface area contributed by atoms with Crippen LogP contribution in [0.2, 0.25) is 0 Å². The second-order valence-corrected chi connectivity index (χ2v) is 2.91. The third-order valence-corrected chi connectivity index (χ3v) is 1.90. The van der Waals surface area contributed by atoms with E-state index in [1.54, 1.807) is 6.20 Å². The zero-order valence-corrected chi connectivity index (χ0v) is 6.99. The molecule has 0 spiro atoms. The molecule has 1 aliphatic rings. The first-order chi connectivity index (χ1) is 5.86. The van der Waals surface area contributed by atoms with Gasteiger partial charge in [-0.15, -0.1) is 0 Å². The smallest absolute Gasteiger partial charge is 0.0991 e. The fraction of sp³-hybridized carbons (Fsp3) is 0.375. The molecule has 1 atom stereocenters. The van der Waals surface area contributed by atoms with Crippen LogP contribution in [0, 0.1) is 0 Å². The molecule has 4 heteroatoms. The summed E-state index contributed by atoms with van der Waals surface area (Å²) in [5.41, 5.74) is 4.42. The van der Waals surface area contributed by atoms with Crippen molar-refractivity contribution in [1.29, 1.82) is 0 Å². The minimum absolute atomic E-state index is 0.212. The van der Waals surface area contributed by atoms with E-state index in [1.807, 2.05) is 24.3 Å². The van der Waals surface area contributed by atoms with Crippen LogP contribution in [0.25, 0.3) is 0 Å². The topological polar surface area (TPSA) is 40.2 Å². The van der Waals surface area contributed by atoms with Gasteiger partial charge in [-0.3, -0.25) is 10.3 Å². The van der Waals surface area contributed by atoms with Crippen LogP contribution in [0.1, 0.15) is 11.7 Å². The average molecular weight is 164 g/mol. The Balaban J connectivity index is 2.11. The summed E-state index contributed by atoms with van der Waals surface area (Å²) in [6.07, 6.45) is 3.86. The number of nitrogens with zero attached hydrogens (tertiary/aromatic N) is 2. The lowest BCUT2D eigenvalue weighted by molar-refractivity contribution is 0.292. The molecule has 64 valence electrons. The van der Waals surface area contributed by atoms with Crippen LogP contribution in [0.15, 0.2) is 24.5 Å². The van der Waals surface area contributed by atoms with Crippen LogP contribution in [0.4, 0.5) is 0 Å². The largest absolute Gasteiger partial charge is 0.283 e. The molecular formula is C8H12N4. The highest BCUT2D eigenvalue weighted by molar-refractivity contribution is 5.13. The van der Waals surface area contributed by atoms with Crippen LogP contribution < -0.4 is 10.7 Å². The van der Waals surface area contributed by atoms with E-state index in [9.17, 15) is 0 Å². The van der Waals surface area contributed by atoms with E-state index in [1.165, 1.54) is 5.56 Å². The van der Waals surface area contributed by atoms with Gasteiger partial charge in [0.15, 0.2) is 0 Å². The third-order valence-electron chi connectivity index (χ3n) is 1.90. The standard InChI is InChI=1S/C8H12N4/c1-12-6-10-8(11-12)7-3-2-4-9-5-7/h2-5,8,10-11H,6H2,1H3. The van der Waals surface area contributed by atoms with E-state index in [0.717, 1.165) is 6.67 Å². The van der Waals surface area contributed by atoms with Crippen molar-refractivity contribution >= 4 is 0 Å². The lowest BCUT2D eigenvalue weighted by Crippen LogP contribution is -2.28. The van der Waals surface area contributed by atoms with Crippen molar-refractivity contribution in [3.63, 3.8) is 0 Å². The van der Waals surface area contributed by atoms with Crippen LogP contribution >= 0.6 is 0 Å². The van der Waals surface area contributed by atoms with Gasteiger partial charge in [0.2, 0.25) is 0 Å². The van der Waals surface area contributed by atoms with E-state index in [-0.39, 0.29) is 6.17 Å². The summed E-state index contributed by atoms with van der Waals surface area (Å²) in [7, 11) is 2.00. The molecule has 1 fully saturated rings. The number of hydrogen-bond acceptors (Lipinski definition) is 4. The molecule has 0 radical (unpaired) electrons. The van der Waals surface area contributed by atoms with Gasteiger partial charge in [-0.1, -0.05) is 6.07 Å². The van der Waals surface area contributed by atoms with E-state index < -0.39 is 0 Å². The second kappa shape index (κ2) is 3.18. The molecule has 0 aromatic carbocycles. The van der Waals surface area contributed by atoms with Gasteiger partial charge in [0.05, 0.1) is 12.8 Å². The quantitative estimate of drug-likeness (QED) is 0.616. The molecule has 2 N–H and O–H groups in total. The van der Waals surface area contributed by atoms with Crippen molar-refractivity contribution in [2.75, 3.05) is 13.7 Å². The number of hydrogen-bond donors (Lipinski definition) is 2. The zero-order valence-electron chi connectivity index (χ0n) is 6.99. The summed E-state index contributed by atoms with van der Waals surface area (Å²) in [6, 6.07) is 3.99. The average Bonchev–Trinajstić information content (AvgIpc) is 2.54. The molecule has 0 amide bonds. The number of aromatic nitrogens is 1. The molecule has 12 heavy (non-hydrogen) atoms. The third kappa shape index (κ3) is 1.45. The summed E-state index contributed by atoms with van der Waals surface area (Å²) in [4.78, 5) is 4.06. The number of rotatable bonds is 1. The van der Waals surface area contributed by atoms with Crippen molar-refractivity contribution in [3.8, 4) is 0 Å². The van der Waals surface area contributed by atoms with E-state index in [2.05, 4.69) is 21.8 Å². The second-order valence-electron chi connectivity index (χ2n) is 2.91. The van der Waals surface area contributed by atoms with Gasteiger partial charge in [-0.05, 0) is 6.07 Å². The zero-order chi connectivity index (χ0) is 8.39. The molecular weight excluding hydrogens is 152 g/mol. The van der Waals surface area contributed by atoms with Gasteiger partial charge in [-0.2, -0.15) is 0 Å². The van der Waals surface area contributed by atoms with Crippen LogP contribution in [0.5, 0.6) is 0 Å². The molecule has 1 unspecified atom stereocenters. The monoisotopic (exact) mass is 164 g/mol. The van der Waals surface area contributed by atoms with E-state index in [0.29, 0.717) is 0 Å². The van der Waals surface area contributed by atoms with Crippen molar-refractivity contribution in [2.45, 2.75) is 6.17 Å². The van der Waals surface area contributed by atoms with Crippen LogP contribution in [-0.2, 0) is 0 Å². The van der Waals surface area contributed by atoms with Gasteiger partial charge < -0.3 is 0 Å². The Labute approximate surface area is 71.6 Å². The normalized spacial score (nSPS) is 24.6.